The molecule has 4 rings (SSSR count). The highest BCUT2D eigenvalue weighted by molar-refractivity contribution is 5.95. The Morgan fingerprint density at radius 3 is 2.34 bits per heavy atom. The molecule has 1 amide bonds. The molecule has 1 saturated carbocycles. The zero-order chi connectivity index (χ0) is 22.3. The number of oxime groups is 1. The Kier molecular flexibility index (Phi) is 7.43. The maximum absolute atomic E-state index is 12.9. The van der Waals surface area contributed by atoms with E-state index >= 15 is 0 Å². The summed E-state index contributed by atoms with van der Waals surface area (Å²) in [5.74, 6) is 0.585. The van der Waals surface area contributed by atoms with Gasteiger partial charge in [-0.05, 0) is 49.7 Å². The van der Waals surface area contributed by atoms with E-state index in [1.54, 1.807) is 4.90 Å². The summed E-state index contributed by atoms with van der Waals surface area (Å²) < 4.78 is 11.8. The molecule has 2 atom stereocenters. The SMILES string of the molecule is C[C@@H]1CC(=NO)[C@H](COC2CCC(c3ccccc3)CC2)N1C(=O)OCc1ccccc1. The van der Waals surface area contributed by atoms with Gasteiger partial charge in [0.05, 0.1) is 18.4 Å². The Bertz CT molecular complexity index is 895. The Labute approximate surface area is 189 Å². The van der Waals surface area contributed by atoms with Gasteiger partial charge in [0, 0.05) is 12.5 Å². The van der Waals surface area contributed by atoms with Gasteiger partial charge in [0.1, 0.15) is 12.6 Å². The molecule has 2 aromatic rings. The van der Waals surface area contributed by atoms with E-state index in [0.717, 1.165) is 31.2 Å². The summed E-state index contributed by atoms with van der Waals surface area (Å²) >= 11 is 0. The first kappa shape index (κ1) is 22.3. The van der Waals surface area contributed by atoms with Gasteiger partial charge >= 0.3 is 6.09 Å². The largest absolute Gasteiger partial charge is 0.445 e. The minimum Gasteiger partial charge on any atom is -0.445 e. The quantitative estimate of drug-likeness (QED) is 0.489. The molecule has 0 radical (unpaired) electrons. The van der Waals surface area contributed by atoms with E-state index in [-0.39, 0.29) is 18.8 Å². The fourth-order valence-electron chi connectivity index (χ4n) is 4.91. The van der Waals surface area contributed by atoms with E-state index in [0.29, 0.717) is 24.7 Å². The molecule has 2 aromatic carbocycles. The molecule has 6 heteroatoms. The molecule has 1 heterocycles. The number of likely N-dealkylation sites (tertiary alicyclic amines) is 1. The molecular formula is C26H32N2O4. The molecule has 1 saturated heterocycles. The van der Waals surface area contributed by atoms with Gasteiger partial charge in [0.2, 0.25) is 0 Å². The van der Waals surface area contributed by atoms with Crippen LogP contribution in [0.1, 0.15) is 56.1 Å². The summed E-state index contributed by atoms with van der Waals surface area (Å²) in [5.41, 5.74) is 2.91. The lowest BCUT2D eigenvalue weighted by Crippen LogP contribution is -2.45. The highest BCUT2D eigenvalue weighted by atomic mass is 16.6. The normalized spacial score (nSPS) is 26.9. The van der Waals surface area contributed by atoms with Gasteiger partial charge in [-0.3, -0.25) is 4.90 Å². The molecule has 0 aromatic heterocycles. The first-order valence-corrected chi connectivity index (χ1v) is 11.5. The van der Waals surface area contributed by atoms with Crippen molar-refractivity contribution in [1.82, 2.24) is 4.90 Å². The van der Waals surface area contributed by atoms with Crippen LogP contribution >= 0.6 is 0 Å². The molecular weight excluding hydrogens is 404 g/mol. The standard InChI is InChI=1S/C26H32N2O4/c1-19-16-24(27-30)25(28(19)26(29)32-17-20-8-4-2-5-9-20)18-31-23-14-12-22(13-15-23)21-10-6-3-7-11-21/h2-11,19,22-23,25,30H,12-18H2,1H3/t19-,22?,23?,25+/m1/s1. The van der Waals surface area contributed by atoms with Crippen molar-refractivity contribution in [3.8, 4) is 0 Å². The molecule has 0 spiro atoms. The second-order valence-electron chi connectivity index (χ2n) is 8.83. The van der Waals surface area contributed by atoms with E-state index in [9.17, 15) is 10.0 Å². The molecule has 1 aliphatic heterocycles. The van der Waals surface area contributed by atoms with E-state index in [4.69, 9.17) is 9.47 Å². The predicted molar refractivity (Wildman–Crippen MR) is 123 cm³/mol. The van der Waals surface area contributed by atoms with Crippen LogP contribution in [0, 0.1) is 0 Å². The Morgan fingerprint density at radius 1 is 1.03 bits per heavy atom. The van der Waals surface area contributed by atoms with Crippen molar-refractivity contribution in [1.29, 1.82) is 0 Å². The summed E-state index contributed by atoms with van der Waals surface area (Å²) in [6.45, 7) is 2.48. The minimum absolute atomic E-state index is 0.105. The van der Waals surface area contributed by atoms with Crippen LogP contribution < -0.4 is 0 Å². The fourth-order valence-corrected chi connectivity index (χ4v) is 4.91. The van der Waals surface area contributed by atoms with Gasteiger partial charge in [0.25, 0.3) is 0 Å². The minimum atomic E-state index is -0.401. The van der Waals surface area contributed by atoms with Crippen molar-refractivity contribution in [3.63, 3.8) is 0 Å². The average molecular weight is 437 g/mol. The zero-order valence-electron chi connectivity index (χ0n) is 18.6. The third-order valence-corrected chi connectivity index (χ3v) is 6.68. The number of carbonyl (C=O) groups is 1. The number of hydrogen-bond donors (Lipinski definition) is 1. The number of amides is 1. The van der Waals surface area contributed by atoms with Crippen LogP contribution in [0.5, 0.6) is 0 Å². The third-order valence-electron chi connectivity index (χ3n) is 6.68. The van der Waals surface area contributed by atoms with Crippen LogP contribution in [0.15, 0.2) is 65.8 Å². The highest BCUT2D eigenvalue weighted by Gasteiger charge is 2.41. The lowest BCUT2D eigenvalue weighted by atomic mass is 9.83. The summed E-state index contributed by atoms with van der Waals surface area (Å²) in [6.07, 6.45) is 4.46. The predicted octanol–water partition coefficient (Wildman–Crippen LogP) is 5.36. The summed E-state index contributed by atoms with van der Waals surface area (Å²) in [7, 11) is 0. The Hall–Kier alpha value is -2.86. The first-order chi connectivity index (χ1) is 15.7. The summed E-state index contributed by atoms with van der Waals surface area (Å²) in [6, 6.07) is 19.8. The number of carbonyl (C=O) groups excluding carboxylic acids is 1. The van der Waals surface area contributed by atoms with Gasteiger partial charge in [-0.2, -0.15) is 0 Å². The van der Waals surface area contributed by atoms with Crippen molar-refractivity contribution >= 4 is 11.8 Å². The second kappa shape index (κ2) is 10.6. The zero-order valence-corrected chi connectivity index (χ0v) is 18.6. The number of rotatable bonds is 6. The number of benzene rings is 2. The maximum Gasteiger partial charge on any atom is 0.410 e. The van der Waals surface area contributed by atoms with E-state index in [1.807, 2.05) is 37.3 Å². The van der Waals surface area contributed by atoms with Crippen molar-refractivity contribution in [2.45, 2.75) is 69.7 Å². The smallest absolute Gasteiger partial charge is 0.410 e. The molecule has 6 nitrogen and oxygen atoms in total. The van der Waals surface area contributed by atoms with Crippen LogP contribution in [0.25, 0.3) is 0 Å². The number of hydrogen-bond acceptors (Lipinski definition) is 5. The maximum atomic E-state index is 12.9. The van der Waals surface area contributed by atoms with Crippen molar-refractivity contribution in [2.75, 3.05) is 6.61 Å². The molecule has 32 heavy (non-hydrogen) atoms. The van der Waals surface area contributed by atoms with Crippen LogP contribution in [0.4, 0.5) is 4.79 Å². The van der Waals surface area contributed by atoms with Gasteiger partial charge in [-0.1, -0.05) is 65.8 Å². The third kappa shape index (κ3) is 5.30. The lowest BCUT2D eigenvalue weighted by Gasteiger charge is -2.32. The molecule has 0 unspecified atom stereocenters. The van der Waals surface area contributed by atoms with Gasteiger partial charge in [0.15, 0.2) is 0 Å². The fraction of sp³-hybridized carbons (Fsp3) is 0.462. The van der Waals surface area contributed by atoms with Gasteiger partial charge < -0.3 is 14.7 Å². The summed E-state index contributed by atoms with van der Waals surface area (Å²) in [4.78, 5) is 14.5. The van der Waals surface area contributed by atoms with E-state index < -0.39 is 12.1 Å². The average Bonchev–Trinajstić information content (AvgIpc) is 3.18. The molecule has 1 N–H and O–H groups in total. The first-order valence-electron chi connectivity index (χ1n) is 11.5. The highest BCUT2D eigenvalue weighted by Crippen LogP contribution is 2.34. The monoisotopic (exact) mass is 436 g/mol. The summed E-state index contributed by atoms with van der Waals surface area (Å²) in [5, 5.41) is 13.0. The Balaban J connectivity index is 1.32. The Morgan fingerprint density at radius 2 is 1.69 bits per heavy atom. The number of nitrogens with zero attached hydrogens (tertiary/aromatic N) is 2. The second-order valence-corrected chi connectivity index (χ2v) is 8.83. The lowest BCUT2D eigenvalue weighted by molar-refractivity contribution is -0.000301. The van der Waals surface area contributed by atoms with Gasteiger partial charge in [-0.15, -0.1) is 0 Å². The van der Waals surface area contributed by atoms with Crippen LogP contribution in [-0.4, -0.2) is 46.7 Å². The van der Waals surface area contributed by atoms with Gasteiger partial charge in [-0.25, -0.2) is 4.79 Å². The molecule has 1 aliphatic carbocycles. The molecule has 2 fully saturated rings. The van der Waals surface area contributed by atoms with Crippen molar-refractivity contribution in [2.24, 2.45) is 5.16 Å². The van der Waals surface area contributed by atoms with Crippen LogP contribution in [0.3, 0.4) is 0 Å². The van der Waals surface area contributed by atoms with E-state index in [1.165, 1.54) is 5.56 Å². The van der Waals surface area contributed by atoms with Crippen LogP contribution in [-0.2, 0) is 16.1 Å². The topological polar surface area (TPSA) is 71.4 Å². The number of ether oxygens (including phenoxy) is 2. The van der Waals surface area contributed by atoms with Crippen LogP contribution in [0.2, 0.25) is 0 Å². The molecule has 170 valence electrons. The van der Waals surface area contributed by atoms with Crippen molar-refractivity contribution < 1.29 is 19.5 Å². The van der Waals surface area contributed by atoms with Crippen molar-refractivity contribution in [3.05, 3.63) is 71.8 Å². The van der Waals surface area contributed by atoms with E-state index in [2.05, 4.69) is 35.5 Å². The molecule has 2 aliphatic rings. The molecule has 0 bridgehead atoms.